The van der Waals surface area contributed by atoms with Gasteiger partial charge in [0, 0.05) is 30.0 Å². The van der Waals surface area contributed by atoms with Crippen LogP contribution in [0.25, 0.3) is 11.5 Å². The first-order chi connectivity index (χ1) is 14.6. The van der Waals surface area contributed by atoms with Gasteiger partial charge in [0.25, 0.3) is 5.22 Å². The molecule has 0 radical (unpaired) electrons. The van der Waals surface area contributed by atoms with Gasteiger partial charge in [0.05, 0.1) is 5.75 Å². The van der Waals surface area contributed by atoms with Crippen LogP contribution in [0.3, 0.4) is 0 Å². The number of benzene rings is 2. The maximum absolute atomic E-state index is 12.6. The first kappa shape index (κ1) is 20.2. The van der Waals surface area contributed by atoms with Crippen molar-refractivity contribution in [1.29, 1.82) is 0 Å². The molecule has 0 saturated carbocycles. The van der Waals surface area contributed by atoms with E-state index in [2.05, 4.69) is 20.5 Å². The van der Waals surface area contributed by atoms with Crippen LogP contribution in [0.1, 0.15) is 17.4 Å². The molecule has 4 aromatic rings. The number of rotatable bonds is 7. The Labute approximate surface area is 182 Å². The molecule has 0 spiro atoms. The Hall–Kier alpha value is -3.10. The second-order valence-electron chi connectivity index (χ2n) is 6.48. The Balaban J connectivity index is 1.42. The van der Waals surface area contributed by atoms with Crippen LogP contribution >= 0.6 is 23.4 Å². The topological polar surface area (TPSA) is 85.8 Å². The van der Waals surface area contributed by atoms with E-state index in [1.165, 1.54) is 11.8 Å². The van der Waals surface area contributed by atoms with Crippen LogP contribution in [-0.2, 0) is 11.8 Å². The predicted octanol–water partition coefficient (Wildman–Crippen LogP) is 4.12. The van der Waals surface area contributed by atoms with E-state index in [1.807, 2.05) is 48.1 Å². The van der Waals surface area contributed by atoms with Crippen molar-refractivity contribution in [2.24, 2.45) is 7.05 Å². The second-order valence-corrected chi connectivity index (χ2v) is 7.84. The zero-order valence-electron chi connectivity index (χ0n) is 16.0. The second kappa shape index (κ2) is 9.15. The maximum Gasteiger partial charge on any atom is 0.277 e. The van der Waals surface area contributed by atoms with Gasteiger partial charge in [0.1, 0.15) is 11.9 Å². The molecule has 1 amide bonds. The van der Waals surface area contributed by atoms with E-state index in [0.717, 1.165) is 17.0 Å². The molecule has 0 unspecified atom stereocenters. The third kappa shape index (κ3) is 4.72. The van der Waals surface area contributed by atoms with Gasteiger partial charge in [-0.2, -0.15) is 0 Å². The average Bonchev–Trinajstić information content (AvgIpc) is 3.41. The lowest BCUT2D eigenvalue weighted by atomic mass is 10.1. The number of hydrogen-bond donors (Lipinski definition) is 1. The summed E-state index contributed by atoms with van der Waals surface area (Å²) < 4.78 is 7.53. The molecule has 1 N–H and O–H groups in total. The van der Waals surface area contributed by atoms with Crippen molar-refractivity contribution >= 4 is 29.3 Å². The van der Waals surface area contributed by atoms with Crippen LogP contribution in [0.4, 0.5) is 0 Å². The molecule has 4 rings (SSSR count). The predicted molar refractivity (Wildman–Crippen MR) is 115 cm³/mol. The summed E-state index contributed by atoms with van der Waals surface area (Å²) in [6.07, 6.45) is 3.56. The minimum Gasteiger partial charge on any atom is -0.411 e. The fourth-order valence-corrected chi connectivity index (χ4v) is 3.61. The van der Waals surface area contributed by atoms with Gasteiger partial charge in [-0.3, -0.25) is 4.79 Å². The molecule has 2 aromatic heterocycles. The Morgan fingerprint density at radius 3 is 2.63 bits per heavy atom. The van der Waals surface area contributed by atoms with Crippen molar-refractivity contribution in [3.63, 3.8) is 0 Å². The van der Waals surface area contributed by atoms with Crippen LogP contribution in [0.2, 0.25) is 5.02 Å². The van der Waals surface area contributed by atoms with E-state index in [0.29, 0.717) is 16.1 Å². The van der Waals surface area contributed by atoms with Gasteiger partial charge in [-0.25, -0.2) is 4.98 Å². The van der Waals surface area contributed by atoms with Crippen LogP contribution in [-0.4, -0.2) is 31.4 Å². The largest absolute Gasteiger partial charge is 0.411 e. The highest BCUT2D eigenvalue weighted by Gasteiger charge is 2.21. The first-order valence-electron chi connectivity index (χ1n) is 9.14. The molecule has 0 saturated heterocycles. The molecule has 7 nitrogen and oxygen atoms in total. The molecular weight excluding hydrogens is 422 g/mol. The number of aryl methyl sites for hydroxylation is 1. The molecule has 1 atom stereocenters. The van der Waals surface area contributed by atoms with Gasteiger partial charge in [-0.1, -0.05) is 53.7 Å². The molecular formula is C21H18ClN5O2S. The van der Waals surface area contributed by atoms with E-state index in [4.69, 9.17) is 16.0 Å². The van der Waals surface area contributed by atoms with Gasteiger partial charge in [0.15, 0.2) is 0 Å². The number of aromatic nitrogens is 4. The standard InChI is InChI=1S/C21H18ClN5O2S/c1-27-12-11-23-19(27)18(14-5-3-2-4-6-14)24-17(28)13-30-21-26-25-20(29-21)15-7-9-16(22)10-8-15/h2-12,18H,13H2,1H3,(H,24,28)/t18-/m0/s1. The van der Waals surface area contributed by atoms with E-state index < -0.39 is 0 Å². The summed E-state index contributed by atoms with van der Waals surface area (Å²) in [6.45, 7) is 0. The quantitative estimate of drug-likeness (QED) is 0.436. The first-order valence-corrected chi connectivity index (χ1v) is 10.5. The third-order valence-electron chi connectivity index (χ3n) is 4.38. The van der Waals surface area contributed by atoms with Gasteiger partial charge >= 0.3 is 0 Å². The lowest BCUT2D eigenvalue weighted by Crippen LogP contribution is -2.32. The number of imidazole rings is 1. The summed E-state index contributed by atoms with van der Waals surface area (Å²) in [6, 6.07) is 16.5. The Bertz CT molecular complexity index is 1130. The molecule has 0 aliphatic heterocycles. The maximum atomic E-state index is 12.6. The number of nitrogens with one attached hydrogen (secondary N) is 1. The highest BCUT2D eigenvalue weighted by Crippen LogP contribution is 2.25. The van der Waals surface area contributed by atoms with Crippen LogP contribution < -0.4 is 5.32 Å². The van der Waals surface area contributed by atoms with Gasteiger partial charge in [-0.15, -0.1) is 10.2 Å². The highest BCUT2D eigenvalue weighted by molar-refractivity contribution is 7.99. The number of amides is 1. The summed E-state index contributed by atoms with van der Waals surface area (Å²) in [4.78, 5) is 17.0. The smallest absolute Gasteiger partial charge is 0.277 e. The Morgan fingerprint density at radius 2 is 1.93 bits per heavy atom. The van der Waals surface area contributed by atoms with Gasteiger partial charge in [0.2, 0.25) is 11.8 Å². The monoisotopic (exact) mass is 439 g/mol. The number of halogens is 1. The van der Waals surface area contributed by atoms with E-state index >= 15 is 0 Å². The minimum absolute atomic E-state index is 0.135. The van der Waals surface area contributed by atoms with Crippen molar-refractivity contribution in [2.75, 3.05) is 5.75 Å². The Kier molecular flexibility index (Phi) is 6.15. The molecule has 0 bridgehead atoms. The lowest BCUT2D eigenvalue weighted by molar-refractivity contribution is -0.119. The average molecular weight is 440 g/mol. The number of carbonyl (C=O) groups excluding carboxylic acids is 1. The fraction of sp³-hybridized carbons (Fsp3) is 0.143. The third-order valence-corrected chi connectivity index (χ3v) is 5.45. The summed E-state index contributed by atoms with van der Waals surface area (Å²) in [7, 11) is 1.90. The SMILES string of the molecule is Cn1ccnc1[C@@H](NC(=O)CSc1nnc(-c2ccc(Cl)cc2)o1)c1ccccc1. The van der Waals surface area contributed by atoms with Crippen molar-refractivity contribution in [1.82, 2.24) is 25.1 Å². The number of nitrogens with zero attached hydrogens (tertiary/aromatic N) is 4. The molecule has 0 aliphatic rings. The zero-order chi connectivity index (χ0) is 20.9. The number of carbonyl (C=O) groups is 1. The van der Waals surface area contributed by atoms with Crippen molar-refractivity contribution in [3.05, 3.63) is 83.4 Å². The summed E-state index contributed by atoms with van der Waals surface area (Å²) in [5, 5.41) is 12.0. The van der Waals surface area contributed by atoms with Crippen molar-refractivity contribution < 1.29 is 9.21 Å². The van der Waals surface area contributed by atoms with Gasteiger partial charge in [-0.05, 0) is 29.8 Å². The summed E-state index contributed by atoms with van der Waals surface area (Å²) in [5.41, 5.74) is 1.72. The lowest BCUT2D eigenvalue weighted by Gasteiger charge is -2.19. The van der Waals surface area contributed by atoms with Crippen LogP contribution in [0.5, 0.6) is 0 Å². The van der Waals surface area contributed by atoms with Crippen molar-refractivity contribution in [2.45, 2.75) is 11.3 Å². The fourth-order valence-electron chi connectivity index (χ4n) is 2.90. The van der Waals surface area contributed by atoms with Crippen molar-refractivity contribution in [3.8, 4) is 11.5 Å². The Morgan fingerprint density at radius 1 is 1.17 bits per heavy atom. The van der Waals surface area contributed by atoms with E-state index in [1.54, 1.807) is 30.5 Å². The summed E-state index contributed by atoms with van der Waals surface area (Å²) >= 11 is 7.08. The molecule has 0 fully saturated rings. The molecule has 152 valence electrons. The van der Waals surface area contributed by atoms with Gasteiger partial charge < -0.3 is 14.3 Å². The molecule has 0 aliphatic carbocycles. The summed E-state index contributed by atoms with van der Waals surface area (Å²) in [5.74, 6) is 1.10. The molecule has 30 heavy (non-hydrogen) atoms. The normalized spacial score (nSPS) is 11.9. The molecule has 9 heteroatoms. The van der Waals surface area contributed by atoms with E-state index in [9.17, 15) is 4.79 Å². The number of thioether (sulfide) groups is 1. The van der Waals surface area contributed by atoms with Crippen LogP contribution in [0.15, 0.2) is 76.6 Å². The molecule has 2 aromatic carbocycles. The number of hydrogen-bond acceptors (Lipinski definition) is 6. The zero-order valence-corrected chi connectivity index (χ0v) is 17.6. The minimum atomic E-state index is -0.355. The van der Waals surface area contributed by atoms with Crippen LogP contribution in [0, 0.1) is 0 Å². The van der Waals surface area contributed by atoms with E-state index in [-0.39, 0.29) is 17.7 Å². The highest BCUT2D eigenvalue weighted by atomic mass is 35.5. The molecule has 2 heterocycles.